The lowest BCUT2D eigenvalue weighted by Crippen LogP contribution is -2.54. The number of amides is 3. The Bertz CT molecular complexity index is 1300. The first-order valence-electron chi connectivity index (χ1n) is 14.3. The summed E-state index contributed by atoms with van der Waals surface area (Å²) in [4.78, 5) is 41.4. The number of nitrogens with one attached hydrogen (secondary N) is 3. The largest absolute Gasteiger partial charge is 0.344 e. The summed E-state index contributed by atoms with van der Waals surface area (Å²) in [6.07, 6.45) is 1.36. The van der Waals surface area contributed by atoms with E-state index in [4.69, 9.17) is 0 Å². The molecule has 3 rings (SSSR count). The third kappa shape index (κ3) is 9.13. The summed E-state index contributed by atoms with van der Waals surface area (Å²) in [5, 5.41) is 5.84. The Morgan fingerprint density at radius 2 is 1.41 bits per heavy atom. The number of nitrogens with zero attached hydrogens (tertiary/aromatic N) is 1. The molecule has 0 radical (unpaired) electrons. The molecular weight excluding hydrogens is 540 g/mol. The summed E-state index contributed by atoms with van der Waals surface area (Å²) in [6, 6.07) is 12.4. The average Bonchev–Trinajstić information content (AvgIpc) is 2.92. The van der Waals surface area contributed by atoms with Crippen molar-refractivity contribution in [2.75, 3.05) is 18.4 Å². The highest BCUT2D eigenvalue weighted by atomic mass is 32.2. The van der Waals surface area contributed by atoms with Crippen LogP contribution in [0.25, 0.3) is 0 Å². The molecular formula is C31H44N4O5S. The Morgan fingerprint density at radius 1 is 0.878 bits per heavy atom. The summed E-state index contributed by atoms with van der Waals surface area (Å²) in [5.74, 6) is -1.19. The maximum absolute atomic E-state index is 13.4. The number of sulfonamides is 1. The molecule has 3 N–H and O–H groups in total. The van der Waals surface area contributed by atoms with Gasteiger partial charge in [-0.25, -0.2) is 8.42 Å². The number of rotatable bonds is 11. The highest BCUT2D eigenvalue weighted by Gasteiger charge is 2.35. The van der Waals surface area contributed by atoms with Crippen LogP contribution in [0.4, 0.5) is 5.69 Å². The van der Waals surface area contributed by atoms with Crippen LogP contribution < -0.4 is 15.4 Å². The lowest BCUT2D eigenvalue weighted by atomic mass is 9.93. The molecule has 0 saturated carbocycles. The monoisotopic (exact) mass is 584 g/mol. The zero-order valence-electron chi connectivity index (χ0n) is 24.9. The van der Waals surface area contributed by atoms with Crippen LogP contribution in [0.2, 0.25) is 0 Å². The van der Waals surface area contributed by atoms with Crippen LogP contribution in [0.1, 0.15) is 58.1 Å². The van der Waals surface area contributed by atoms with Gasteiger partial charge in [0.1, 0.15) is 12.1 Å². The lowest BCUT2D eigenvalue weighted by Gasteiger charge is -2.35. The molecule has 2 unspecified atom stereocenters. The highest BCUT2D eigenvalue weighted by Crippen LogP contribution is 2.22. The Kier molecular flexibility index (Phi) is 11.1. The molecule has 0 aliphatic carbocycles. The quantitative estimate of drug-likeness (QED) is 0.368. The molecule has 2 aromatic rings. The van der Waals surface area contributed by atoms with Gasteiger partial charge in [0, 0.05) is 24.7 Å². The fraction of sp³-hybridized carbons (Fsp3) is 0.516. The van der Waals surface area contributed by atoms with Crippen molar-refractivity contribution in [2.45, 2.75) is 77.8 Å². The molecule has 1 aliphatic rings. The second-order valence-corrected chi connectivity index (χ2v) is 13.5. The number of carbonyl (C=O) groups excluding carboxylic acids is 3. The van der Waals surface area contributed by atoms with Crippen molar-refractivity contribution >= 4 is 33.4 Å². The van der Waals surface area contributed by atoms with Crippen LogP contribution in [0.5, 0.6) is 0 Å². The molecule has 2 atom stereocenters. The number of likely N-dealkylation sites (tertiary alicyclic amines) is 1. The SMILES string of the molecule is Cc1ccc(NC(=O)C(CC(C)C)NC(=O)C2CCN(C(=O)C(NS(=O)(=O)c3ccc(C)cc3)C(C)C)CC2)cc1. The van der Waals surface area contributed by atoms with Crippen molar-refractivity contribution in [3.63, 3.8) is 0 Å². The minimum atomic E-state index is -3.89. The van der Waals surface area contributed by atoms with Gasteiger partial charge in [0.05, 0.1) is 4.90 Å². The van der Waals surface area contributed by atoms with Crippen LogP contribution in [-0.4, -0.2) is 56.2 Å². The number of hydrogen-bond donors (Lipinski definition) is 3. The van der Waals surface area contributed by atoms with Crippen LogP contribution in [0, 0.1) is 31.6 Å². The first-order valence-corrected chi connectivity index (χ1v) is 15.8. The third-order valence-corrected chi connectivity index (χ3v) is 8.84. The van der Waals surface area contributed by atoms with Gasteiger partial charge < -0.3 is 15.5 Å². The van der Waals surface area contributed by atoms with Gasteiger partial charge in [0.15, 0.2) is 0 Å². The van der Waals surface area contributed by atoms with Gasteiger partial charge in [0.2, 0.25) is 27.7 Å². The molecule has 2 aromatic carbocycles. The number of carbonyl (C=O) groups is 3. The van der Waals surface area contributed by atoms with Crippen LogP contribution in [-0.2, 0) is 24.4 Å². The molecule has 1 heterocycles. The van der Waals surface area contributed by atoms with E-state index in [-0.39, 0.29) is 40.4 Å². The molecule has 224 valence electrons. The molecule has 0 bridgehead atoms. The summed E-state index contributed by atoms with van der Waals surface area (Å²) in [5.41, 5.74) is 2.70. The van der Waals surface area contributed by atoms with E-state index in [9.17, 15) is 22.8 Å². The van der Waals surface area contributed by atoms with E-state index in [0.29, 0.717) is 38.0 Å². The topological polar surface area (TPSA) is 125 Å². The maximum atomic E-state index is 13.4. The van der Waals surface area contributed by atoms with Crippen molar-refractivity contribution in [1.82, 2.24) is 14.9 Å². The van der Waals surface area contributed by atoms with E-state index in [1.165, 1.54) is 12.1 Å². The van der Waals surface area contributed by atoms with Crippen molar-refractivity contribution in [3.8, 4) is 0 Å². The van der Waals surface area contributed by atoms with E-state index in [1.54, 1.807) is 30.9 Å². The second-order valence-electron chi connectivity index (χ2n) is 11.8. The Labute approximate surface area is 244 Å². The first-order chi connectivity index (χ1) is 19.3. The molecule has 1 fully saturated rings. The van der Waals surface area contributed by atoms with Crippen molar-refractivity contribution in [3.05, 3.63) is 59.7 Å². The zero-order chi connectivity index (χ0) is 30.3. The van der Waals surface area contributed by atoms with Gasteiger partial charge in [-0.15, -0.1) is 0 Å². The number of anilines is 1. The number of hydrogen-bond acceptors (Lipinski definition) is 5. The smallest absolute Gasteiger partial charge is 0.246 e. The van der Waals surface area contributed by atoms with E-state index in [0.717, 1.165) is 11.1 Å². The maximum Gasteiger partial charge on any atom is 0.246 e. The van der Waals surface area contributed by atoms with Gasteiger partial charge in [-0.3, -0.25) is 14.4 Å². The Morgan fingerprint density at radius 3 is 1.93 bits per heavy atom. The zero-order valence-corrected chi connectivity index (χ0v) is 25.8. The van der Waals surface area contributed by atoms with Gasteiger partial charge in [-0.2, -0.15) is 4.72 Å². The molecule has 3 amide bonds. The first kappa shape index (κ1) is 32.3. The average molecular weight is 585 g/mol. The summed E-state index contributed by atoms with van der Waals surface area (Å²) in [7, 11) is -3.89. The van der Waals surface area contributed by atoms with E-state index in [2.05, 4.69) is 15.4 Å². The van der Waals surface area contributed by atoms with E-state index >= 15 is 0 Å². The summed E-state index contributed by atoms with van der Waals surface area (Å²) >= 11 is 0. The van der Waals surface area contributed by atoms with Crippen LogP contribution >= 0.6 is 0 Å². The van der Waals surface area contributed by atoms with Crippen molar-refractivity contribution < 1.29 is 22.8 Å². The molecule has 1 saturated heterocycles. The Balaban J connectivity index is 1.60. The lowest BCUT2D eigenvalue weighted by molar-refractivity contribution is -0.138. The fourth-order valence-corrected chi connectivity index (χ4v) is 6.18. The Hall–Kier alpha value is -3.24. The summed E-state index contributed by atoms with van der Waals surface area (Å²) < 4.78 is 28.6. The van der Waals surface area contributed by atoms with E-state index in [1.807, 2.05) is 52.0 Å². The van der Waals surface area contributed by atoms with Crippen molar-refractivity contribution in [2.24, 2.45) is 17.8 Å². The molecule has 10 heteroatoms. The minimum absolute atomic E-state index is 0.110. The van der Waals surface area contributed by atoms with Crippen molar-refractivity contribution in [1.29, 1.82) is 0 Å². The number of benzene rings is 2. The molecule has 1 aliphatic heterocycles. The predicted molar refractivity (Wildman–Crippen MR) is 161 cm³/mol. The van der Waals surface area contributed by atoms with Crippen LogP contribution in [0.3, 0.4) is 0 Å². The van der Waals surface area contributed by atoms with Gasteiger partial charge in [-0.05, 0) is 69.2 Å². The molecule has 9 nitrogen and oxygen atoms in total. The van der Waals surface area contributed by atoms with Gasteiger partial charge >= 0.3 is 0 Å². The molecule has 0 spiro atoms. The van der Waals surface area contributed by atoms with Gasteiger partial charge in [-0.1, -0.05) is 63.1 Å². The fourth-order valence-electron chi connectivity index (χ4n) is 4.84. The third-order valence-electron chi connectivity index (χ3n) is 7.38. The van der Waals surface area contributed by atoms with E-state index < -0.39 is 22.1 Å². The molecule has 41 heavy (non-hydrogen) atoms. The number of piperidine rings is 1. The normalized spacial score (nSPS) is 16.0. The number of aryl methyl sites for hydroxylation is 2. The predicted octanol–water partition coefficient (Wildman–Crippen LogP) is 4.01. The van der Waals surface area contributed by atoms with Gasteiger partial charge in [0.25, 0.3) is 0 Å². The minimum Gasteiger partial charge on any atom is -0.344 e. The highest BCUT2D eigenvalue weighted by molar-refractivity contribution is 7.89. The standard InChI is InChI=1S/C31H44N4O5S/c1-20(2)19-27(30(37)32-25-11-7-22(5)8-12-25)33-29(36)24-15-17-35(18-16-24)31(38)28(21(3)4)34-41(39,40)26-13-9-23(6)10-14-26/h7-14,20-21,24,27-28,34H,15-19H2,1-6H3,(H,32,37)(H,33,36). The summed E-state index contributed by atoms with van der Waals surface area (Å²) in [6.45, 7) is 12.1. The molecule has 0 aromatic heterocycles. The second kappa shape index (κ2) is 14.1. The van der Waals surface area contributed by atoms with Crippen LogP contribution in [0.15, 0.2) is 53.4 Å².